The largest absolute Gasteiger partial charge is 0.354 e. The summed E-state index contributed by atoms with van der Waals surface area (Å²) in [5.41, 5.74) is 12.5. The average molecular weight is 565 g/mol. The fourth-order valence-electron chi connectivity index (χ4n) is 6.00. The number of para-hydroxylation sites is 2. The van der Waals surface area contributed by atoms with Crippen molar-refractivity contribution in [2.75, 3.05) is 5.32 Å². The highest BCUT2D eigenvalue weighted by atomic mass is 15.0. The predicted molar refractivity (Wildman–Crippen MR) is 182 cm³/mol. The Labute approximate surface area is 255 Å². The molecule has 0 bridgehead atoms. The summed E-state index contributed by atoms with van der Waals surface area (Å²) >= 11 is 0. The molecule has 0 unspecified atom stereocenters. The lowest BCUT2D eigenvalue weighted by Crippen LogP contribution is -1.96. The summed E-state index contributed by atoms with van der Waals surface area (Å²) in [6, 6.07) is 54.6. The van der Waals surface area contributed by atoms with Crippen LogP contribution in [-0.2, 0) is 0 Å². The van der Waals surface area contributed by atoms with E-state index in [0.717, 1.165) is 67.1 Å². The summed E-state index contributed by atoms with van der Waals surface area (Å²) in [4.78, 5) is 10.1. The van der Waals surface area contributed by atoms with Crippen LogP contribution in [0.2, 0.25) is 0 Å². The molecule has 3 heterocycles. The third kappa shape index (κ3) is 4.59. The van der Waals surface area contributed by atoms with Crippen LogP contribution in [-0.4, -0.2) is 14.5 Å². The van der Waals surface area contributed by atoms with Crippen LogP contribution >= 0.6 is 0 Å². The second-order valence-electron chi connectivity index (χ2n) is 10.8. The highest BCUT2D eigenvalue weighted by Crippen LogP contribution is 2.39. The number of nitrogens with one attached hydrogen (secondary N) is 1. The minimum absolute atomic E-state index is 0.915. The van der Waals surface area contributed by atoms with Gasteiger partial charge in [-0.2, -0.15) is 0 Å². The van der Waals surface area contributed by atoms with Crippen molar-refractivity contribution in [1.29, 1.82) is 0 Å². The summed E-state index contributed by atoms with van der Waals surface area (Å²) in [6.07, 6.45) is 1.89. The van der Waals surface area contributed by atoms with Gasteiger partial charge in [0.1, 0.15) is 0 Å². The maximum Gasteiger partial charge on any atom is 0.0991 e. The quantitative estimate of drug-likeness (QED) is 0.218. The molecule has 4 nitrogen and oxygen atoms in total. The van der Waals surface area contributed by atoms with Crippen LogP contribution < -0.4 is 5.32 Å². The van der Waals surface area contributed by atoms with Gasteiger partial charge >= 0.3 is 0 Å². The van der Waals surface area contributed by atoms with Gasteiger partial charge in [-0.05, 0) is 65.7 Å². The zero-order valence-electron chi connectivity index (χ0n) is 23.9. The monoisotopic (exact) mass is 564 g/mol. The van der Waals surface area contributed by atoms with E-state index < -0.39 is 0 Å². The second kappa shape index (κ2) is 11.0. The molecule has 0 atom stereocenters. The minimum Gasteiger partial charge on any atom is -0.354 e. The van der Waals surface area contributed by atoms with Gasteiger partial charge in [0.2, 0.25) is 0 Å². The number of anilines is 2. The fraction of sp³-hybridized carbons (Fsp3) is 0. The lowest BCUT2D eigenvalue weighted by atomic mass is 10.0. The molecule has 0 saturated heterocycles. The first-order valence-electron chi connectivity index (χ1n) is 14.8. The lowest BCUT2D eigenvalue weighted by molar-refractivity contribution is 1.18. The number of hydrogen-bond donors (Lipinski definition) is 1. The first kappa shape index (κ1) is 25.7. The molecule has 8 rings (SSSR count). The number of benzene rings is 5. The molecule has 0 amide bonds. The zero-order chi connectivity index (χ0) is 29.3. The number of rotatable bonds is 6. The molecule has 208 valence electrons. The van der Waals surface area contributed by atoms with E-state index in [4.69, 9.17) is 9.97 Å². The van der Waals surface area contributed by atoms with Gasteiger partial charge in [0.05, 0.1) is 33.6 Å². The van der Waals surface area contributed by atoms with Crippen LogP contribution in [0.1, 0.15) is 0 Å². The molecule has 0 aliphatic rings. The second-order valence-corrected chi connectivity index (χ2v) is 10.8. The Hall–Kier alpha value is -6.00. The number of fused-ring (bicyclic) bond motifs is 3. The standard InChI is InChI=1S/C40H28N4/c1-4-13-28(14-5-1)30-25-26-41-36(27-30)32-19-10-11-20-34(32)42-35-21-12-22-37-39(35)40-38(44(37)31-17-8-3-9-18-31)24-23-33(43-40)29-15-6-2-7-16-29/h1-27,42H. The van der Waals surface area contributed by atoms with E-state index in [9.17, 15) is 0 Å². The molecule has 8 aromatic rings. The van der Waals surface area contributed by atoms with Gasteiger partial charge in [0, 0.05) is 34.1 Å². The first-order chi connectivity index (χ1) is 21.8. The molecule has 0 fully saturated rings. The van der Waals surface area contributed by atoms with Crippen LogP contribution in [0, 0.1) is 0 Å². The summed E-state index contributed by atoms with van der Waals surface area (Å²) in [6.45, 7) is 0. The van der Waals surface area contributed by atoms with E-state index in [0.29, 0.717) is 0 Å². The third-order valence-electron chi connectivity index (χ3n) is 8.06. The molecule has 4 heteroatoms. The molecule has 1 N–H and O–H groups in total. The minimum atomic E-state index is 0.915. The number of hydrogen-bond acceptors (Lipinski definition) is 3. The normalized spacial score (nSPS) is 11.2. The van der Waals surface area contributed by atoms with Gasteiger partial charge in [0.15, 0.2) is 0 Å². The van der Waals surface area contributed by atoms with E-state index >= 15 is 0 Å². The van der Waals surface area contributed by atoms with E-state index in [1.165, 1.54) is 5.56 Å². The molecule has 3 aromatic heterocycles. The van der Waals surface area contributed by atoms with Gasteiger partial charge in [-0.25, -0.2) is 4.98 Å². The molecular weight excluding hydrogens is 536 g/mol. The first-order valence-corrected chi connectivity index (χ1v) is 14.8. The summed E-state index contributed by atoms with van der Waals surface area (Å²) in [5.74, 6) is 0. The summed E-state index contributed by atoms with van der Waals surface area (Å²) < 4.78 is 2.30. The molecule has 0 aliphatic carbocycles. The molecular formula is C40H28N4. The third-order valence-corrected chi connectivity index (χ3v) is 8.06. The van der Waals surface area contributed by atoms with Crippen molar-refractivity contribution in [3.63, 3.8) is 0 Å². The van der Waals surface area contributed by atoms with Crippen LogP contribution in [0.3, 0.4) is 0 Å². The molecule has 0 aliphatic heterocycles. The highest BCUT2D eigenvalue weighted by molar-refractivity contribution is 6.14. The molecule has 44 heavy (non-hydrogen) atoms. The molecule has 0 saturated carbocycles. The van der Waals surface area contributed by atoms with Crippen molar-refractivity contribution in [3.05, 3.63) is 164 Å². The number of aromatic nitrogens is 3. The average Bonchev–Trinajstić information content (AvgIpc) is 3.44. The van der Waals surface area contributed by atoms with Crippen molar-refractivity contribution < 1.29 is 0 Å². The SMILES string of the molecule is c1ccc(-c2ccnc(-c3ccccc3Nc3cccc4c3c3nc(-c5ccccc5)ccc3n4-c3ccccc3)c2)cc1. The lowest BCUT2D eigenvalue weighted by Gasteiger charge is -2.14. The number of nitrogens with zero attached hydrogens (tertiary/aromatic N) is 3. The summed E-state index contributed by atoms with van der Waals surface area (Å²) in [5, 5.41) is 4.87. The maximum atomic E-state index is 5.27. The fourth-order valence-corrected chi connectivity index (χ4v) is 6.00. The van der Waals surface area contributed by atoms with Crippen molar-refractivity contribution in [2.24, 2.45) is 0 Å². The Morgan fingerprint density at radius 2 is 1.16 bits per heavy atom. The van der Waals surface area contributed by atoms with Crippen LogP contribution in [0.15, 0.2) is 164 Å². The van der Waals surface area contributed by atoms with Crippen molar-refractivity contribution >= 4 is 33.3 Å². The van der Waals surface area contributed by atoms with Gasteiger partial charge in [-0.1, -0.05) is 103 Å². The van der Waals surface area contributed by atoms with E-state index in [1.807, 2.05) is 24.4 Å². The van der Waals surface area contributed by atoms with E-state index in [2.05, 4.69) is 149 Å². The Kier molecular flexibility index (Phi) is 6.43. The van der Waals surface area contributed by atoms with E-state index in [1.54, 1.807) is 0 Å². The Balaban J connectivity index is 1.31. The van der Waals surface area contributed by atoms with Crippen molar-refractivity contribution in [2.45, 2.75) is 0 Å². The maximum absolute atomic E-state index is 5.27. The smallest absolute Gasteiger partial charge is 0.0991 e. The zero-order valence-corrected chi connectivity index (χ0v) is 23.9. The molecule has 5 aromatic carbocycles. The highest BCUT2D eigenvalue weighted by Gasteiger charge is 2.18. The van der Waals surface area contributed by atoms with Gasteiger partial charge in [-0.3, -0.25) is 4.98 Å². The Bertz CT molecular complexity index is 2240. The summed E-state index contributed by atoms with van der Waals surface area (Å²) in [7, 11) is 0. The van der Waals surface area contributed by atoms with Crippen molar-refractivity contribution in [1.82, 2.24) is 14.5 Å². The Morgan fingerprint density at radius 3 is 1.95 bits per heavy atom. The molecule has 0 radical (unpaired) electrons. The van der Waals surface area contributed by atoms with Crippen molar-refractivity contribution in [3.8, 4) is 39.3 Å². The van der Waals surface area contributed by atoms with Crippen LogP contribution in [0.4, 0.5) is 11.4 Å². The topological polar surface area (TPSA) is 42.7 Å². The van der Waals surface area contributed by atoms with Gasteiger partial charge in [-0.15, -0.1) is 0 Å². The molecule has 0 spiro atoms. The predicted octanol–water partition coefficient (Wildman–Crippen LogP) is 10.3. The van der Waals surface area contributed by atoms with E-state index in [-0.39, 0.29) is 0 Å². The van der Waals surface area contributed by atoms with Gasteiger partial charge < -0.3 is 9.88 Å². The Morgan fingerprint density at radius 1 is 0.477 bits per heavy atom. The van der Waals surface area contributed by atoms with Crippen LogP contribution in [0.5, 0.6) is 0 Å². The van der Waals surface area contributed by atoms with Gasteiger partial charge in [0.25, 0.3) is 0 Å². The van der Waals surface area contributed by atoms with Crippen LogP contribution in [0.25, 0.3) is 61.3 Å². The number of pyridine rings is 2.